The minimum absolute atomic E-state index is 0.134. The number of benzene rings is 2. The van der Waals surface area contributed by atoms with E-state index in [1.54, 1.807) is 24.3 Å². The second-order valence-electron chi connectivity index (χ2n) is 7.81. The number of fused-ring (bicyclic) bond motifs is 3. The van der Waals surface area contributed by atoms with E-state index in [2.05, 4.69) is 5.32 Å². The van der Waals surface area contributed by atoms with Crippen molar-refractivity contribution in [1.82, 2.24) is 9.13 Å². The Balaban J connectivity index is 1.82. The third-order valence-corrected chi connectivity index (χ3v) is 6.05. The summed E-state index contributed by atoms with van der Waals surface area (Å²) in [6.07, 6.45) is -4.52. The Morgan fingerprint density at radius 3 is 2.12 bits per heavy atom. The quantitative estimate of drug-likeness (QED) is 0.632. The largest absolute Gasteiger partial charge is 0.416 e. The lowest BCUT2D eigenvalue weighted by molar-refractivity contribution is -0.137. The van der Waals surface area contributed by atoms with Gasteiger partial charge in [0.15, 0.2) is 5.78 Å². The van der Waals surface area contributed by atoms with Crippen LogP contribution in [0.4, 0.5) is 19.0 Å². The van der Waals surface area contributed by atoms with Gasteiger partial charge >= 0.3 is 11.9 Å². The molecule has 5 rings (SSSR count). The molecule has 2 aromatic carbocycles. The molecular formula is C23H16F3N3O3. The molecule has 2 heterocycles. The van der Waals surface area contributed by atoms with Crippen LogP contribution >= 0.6 is 0 Å². The zero-order valence-electron chi connectivity index (χ0n) is 16.9. The van der Waals surface area contributed by atoms with E-state index < -0.39 is 28.9 Å². The first-order valence-corrected chi connectivity index (χ1v) is 9.73. The zero-order chi connectivity index (χ0) is 22.9. The van der Waals surface area contributed by atoms with Crippen LogP contribution in [0.1, 0.15) is 38.5 Å². The number of nitrogens with zero attached hydrogens (tertiary/aromatic N) is 2. The van der Waals surface area contributed by atoms with Crippen molar-refractivity contribution in [1.29, 1.82) is 0 Å². The first kappa shape index (κ1) is 20.0. The number of halogens is 3. The maximum Gasteiger partial charge on any atom is 0.416 e. The average molecular weight is 439 g/mol. The first-order chi connectivity index (χ1) is 15.1. The number of carbonyl (C=O) groups is 1. The Bertz CT molecular complexity index is 1460. The lowest BCUT2D eigenvalue weighted by Gasteiger charge is -2.29. The number of nitrogens with one attached hydrogen (secondary N) is 1. The van der Waals surface area contributed by atoms with Gasteiger partial charge in [-0.1, -0.05) is 36.4 Å². The lowest BCUT2D eigenvalue weighted by atomic mass is 9.81. The number of aromatic nitrogens is 2. The maximum absolute atomic E-state index is 13.3. The highest BCUT2D eigenvalue weighted by Crippen LogP contribution is 2.48. The van der Waals surface area contributed by atoms with Gasteiger partial charge in [0.25, 0.3) is 5.56 Å². The predicted molar refractivity (Wildman–Crippen MR) is 112 cm³/mol. The summed E-state index contributed by atoms with van der Waals surface area (Å²) in [7, 11) is 2.82. The summed E-state index contributed by atoms with van der Waals surface area (Å²) in [5, 5.41) is 3.09. The topological polar surface area (TPSA) is 73.1 Å². The number of hydrogen-bond acceptors (Lipinski definition) is 4. The van der Waals surface area contributed by atoms with Crippen LogP contribution in [-0.4, -0.2) is 14.9 Å². The van der Waals surface area contributed by atoms with Gasteiger partial charge in [0.2, 0.25) is 0 Å². The number of ketones is 1. The second-order valence-corrected chi connectivity index (χ2v) is 7.81. The molecule has 0 radical (unpaired) electrons. The minimum Gasteiger partial charge on any atom is -0.340 e. The smallest absolute Gasteiger partial charge is 0.340 e. The zero-order valence-corrected chi connectivity index (χ0v) is 16.9. The third kappa shape index (κ3) is 2.63. The fourth-order valence-corrected chi connectivity index (χ4v) is 4.46. The van der Waals surface area contributed by atoms with Crippen molar-refractivity contribution in [2.24, 2.45) is 14.1 Å². The Hall–Kier alpha value is -3.88. The number of rotatable bonds is 1. The number of carbonyl (C=O) groups excluding carboxylic acids is 1. The fourth-order valence-electron chi connectivity index (χ4n) is 4.46. The van der Waals surface area contributed by atoms with Gasteiger partial charge in [-0.25, -0.2) is 4.79 Å². The van der Waals surface area contributed by atoms with E-state index in [9.17, 15) is 27.6 Å². The number of anilines is 1. The molecule has 32 heavy (non-hydrogen) atoms. The van der Waals surface area contributed by atoms with Crippen molar-refractivity contribution in [2.45, 2.75) is 12.1 Å². The molecule has 0 fully saturated rings. The van der Waals surface area contributed by atoms with E-state index in [0.29, 0.717) is 22.4 Å². The van der Waals surface area contributed by atoms with Gasteiger partial charge in [0.05, 0.1) is 16.8 Å². The SMILES string of the molecule is Cn1c2c(c(=O)n(C)c1=O)C(c1ccc(C(F)(F)F)cc1)C1=C(N2)c2ccccc2C1=O. The highest BCUT2D eigenvalue weighted by molar-refractivity contribution is 6.23. The minimum atomic E-state index is -4.52. The normalized spacial score (nSPS) is 17.0. The van der Waals surface area contributed by atoms with Crippen LogP contribution in [0, 0.1) is 0 Å². The van der Waals surface area contributed by atoms with E-state index >= 15 is 0 Å². The molecule has 0 spiro atoms. The monoisotopic (exact) mass is 439 g/mol. The molecule has 2 aliphatic rings. The molecule has 9 heteroatoms. The number of Topliss-reactive ketones (excluding diaryl/α,β-unsaturated/α-hetero) is 1. The van der Waals surface area contributed by atoms with Crippen LogP contribution in [0.3, 0.4) is 0 Å². The summed E-state index contributed by atoms with van der Waals surface area (Å²) < 4.78 is 41.5. The highest BCUT2D eigenvalue weighted by Gasteiger charge is 2.43. The molecule has 1 aliphatic heterocycles. The molecule has 162 valence electrons. The summed E-state index contributed by atoms with van der Waals surface area (Å²) in [6, 6.07) is 11.3. The molecule has 6 nitrogen and oxygen atoms in total. The van der Waals surface area contributed by atoms with Crippen LogP contribution in [0.5, 0.6) is 0 Å². The van der Waals surface area contributed by atoms with Crippen molar-refractivity contribution in [2.75, 3.05) is 5.32 Å². The van der Waals surface area contributed by atoms with Crippen LogP contribution < -0.4 is 16.6 Å². The van der Waals surface area contributed by atoms with Gasteiger partial charge in [-0.2, -0.15) is 13.2 Å². The number of allylic oxidation sites excluding steroid dienone is 1. The van der Waals surface area contributed by atoms with Crippen LogP contribution in [-0.2, 0) is 20.3 Å². The van der Waals surface area contributed by atoms with Gasteiger partial charge in [0, 0.05) is 36.7 Å². The Morgan fingerprint density at radius 2 is 1.50 bits per heavy atom. The Labute approximate surface area is 179 Å². The van der Waals surface area contributed by atoms with E-state index in [0.717, 1.165) is 16.7 Å². The molecule has 1 atom stereocenters. The molecule has 1 aliphatic carbocycles. The van der Waals surface area contributed by atoms with Crippen LogP contribution in [0.25, 0.3) is 5.70 Å². The Kier molecular flexibility index (Phi) is 4.11. The molecule has 3 aromatic rings. The molecule has 0 saturated carbocycles. The van der Waals surface area contributed by atoms with E-state index in [1.807, 2.05) is 0 Å². The van der Waals surface area contributed by atoms with Gasteiger partial charge in [-0.3, -0.25) is 18.7 Å². The molecule has 1 aromatic heterocycles. The van der Waals surface area contributed by atoms with Crippen LogP contribution in [0.2, 0.25) is 0 Å². The fraction of sp³-hybridized carbons (Fsp3) is 0.174. The van der Waals surface area contributed by atoms with Crippen molar-refractivity contribution < 1.29 is 18.0 Å². The predicted octanol–water partition coefficient (Wildman–Crippen LogP) is 3.27. The average Bonchev–Trinajstić information content (AvgIpc) is 3.06. The maximum atomic E-state index is 13.3. The van der Waals surface area contributed by atoms with E-state index in [1.165, 1.54) is 30.8 Å². The van der Waals surface area contributed by atoms with E-state index in [-0.39, 0.29) is 22.7 Å². The van der Waals surface area contributed by atoms with Gasteiger partial charge < -0.3 is 5.32 Å². The summed E-state index contributed by atoms with van der Waals surface area (Å²) >= 11 is 0. The molecule has 1 N–H and O–H groups in total. The molecule has 1 unspecified atom stereocenters. The second kappa shape index (κ2) is 6.56. The molecule has 0 saturated heterocycles. The van der Waals surface area contributed by atoms with Crippen molar-refractivity contribution in [3.8, 4) is 0 Å². The summed E-state index contributed by atoms with van der Waals surface area (Å²) in [5.41, 5.74) is 0.239. The number of hydrogen-bond donors (Lipinski definition) is 1. The van der Waals surface area contributed by atoms with Crippen LogP contribution in [0.15, 0.2) is 63.7 Å². The first-order valence-electron chi connectivity index (χ1n) is 9.73. The van der Waals surface area contributed by atoms with E-state index in [4.69, 9.17) is 0 Å². The third-order valence-electron chi connectivity index (χ3n) is 6.05. The van der Waals surface area contributed by atoms with Crippen molar-refractivity contribution in [3.05, 3.63) is 103 Å². The molecular weight excluding hydrogens is 423 g/mol. The molecule has 0 amide bonds. The summed E-state index contributed by atoms with van der Waals surface area (Å²) in [5.74, 6) is -1.03. The molecule has 0 bridgehead atoms. The van der Waals surface area contributed by atoms with Gasteiger partial charge in [0.1, 0.15) is 5.82 Å². The van der Waals surface area contributed by atoms with Crippen molar-refractivity contribution >= 4 is 17.3 Å². The van der Waals surface area contributed by atoms with Gasteiger partial charge in [-0.05, 0) is 17.7 Å². The van der Waals surface area contributed by atoms with Crippen molar-refractivity contribution in [3.63, 3.8) is 0 Å². The van der Waals surface area contributed by atoms with Gasteiger partial charge in [-0.15, -0.1) is 0 Å². The summed E-state index contributed by atoms with van der Waals surface area (Å²) in [4.78, 5) is 39.0. The Morgan fingerprint density at radius 1 is 0.875 bits per heavy atom. The standard InChI is InChI=1S/C23H16F3N3O3/c1-28-20-17(21(31)29(2)22(28)32)15(11-7-9-12(10-8-11)23(24,25)26)16-18(27-20)13-5-3-4-6-14(13)19(16)30/h3-10,15,27H,1-2H3. The number of alkyl halides is 3. The highest BCUT2D eigenvalue weighted by atomic mass is 19.4. The lowest BCUT2D eigenvalue weighted by Crippen LogP contribution is -2.42. The summed E-state index contributed by atoms with van der Waals surface area (Å²) in [6.45, 7) is 0.